The van der Waals surface area contributed by atoms with Crippen molar-refractivity contribution < 1.29 is 29.0 Å². The number of aromatic nitrogens is 1. The highest BCUT2D eigenvalue weighted by Crippen LogP contribution is 2.22. The fraction of sp³-hybridized carbons (Fsp3) is 0.571. The molecule has 0 fully saturated rings. The Morgan fingerprint density at radius 1 is 1.39 bits per heavy atom. The number of thiazole rings is 1. The van der Waals surface area contributed by atoms with E-state index < -0.39 is 29.6 Å². The minimum Gasteiger partial charge on any atom is -0.481 e. The first kappa shape index (κ1) is 18.9. The molecule has 1 unspecified atom stereocenters. The van der Waals surface area contributed by atoms with Gasteiger partial charge in [-0.1, -0.05) is 0 Å². The zero-order valence-corrected chi connectivity index (χ0v) is 14.2. The Labute approximate surface area is 137 Å². The zero-order chi connectivity index (χ0) is 17.6. The summed E-state index contributed by atoms with van der Waals surface area (Å²) >= 11 is 1.07. The van der Waals surface area contributed by atoms with E-state index in [9.17, 15) is 14.4 Å². The van der Waals surface area contributed by atoms with Crippen molar-refractivity contribution in [1.82, 2.24) is 4.98 Å². The third kappa shape index (κ3) is 6.64. The summed E-state index contributed by atoms with van der Waals surface area (Å²) < 4.78 is 9.83. The highest BCUT2D eigenvalue weighted by atomic mass is 32.1. The normalized spacial score (nSPS) is 12.3. The van der Waals surface area contributed by atoms with Crippen LogP contribution in [0.15, 0.2) is 6.20 Å². The number of nitrogens with one attached hydrogen (secondary N) is 1. The smallest absolute Gasteiger partial charge is 0.413 e. The molecule has 1 atom stereocenters. The Balaban J connectivity index is 2.69. The van der Waals surface area contributed by atoms with E-state index in [2.05, 4.69) is 10.3 Å². The summed E-state index contributed by atoms with van der Waals surface area (Å²) in [6, 6.07) is 0. The van der Waals surface area contributed by atoms with E-state index in [4.69, 9.17) is 14.6 Å². The number of aliphatic carboxylic acids is 1. The van der Waals surface area contributed by atoms with Gasteiger partial charge in [-0.3, -0.25) is 14.9 Å². The van der Waals surface area contributed by atoms with Gasteiger partial charge in [0.15, 0.2) is 11.0 Å². The molecule has 0 aromatic carbocycles. The van der Waals surface area contributed by atoms with Gasteiger partial charge in [0.1, 0.15) is 5.60 Å². The van der Waals surface area contributed by atoms with Crippen LogP contribution in [-0.2, 0) is 25.5 Å². The minimum absolute atomic E-state index is 0.0537. The van der Waals surface area contributed by atoms with E-state index in [1.807, 2.05) is 0 Å². The van der Waals surface area contributed by atoms with Crippen LogP contribution in [0.4, 0.5) is 9.93 Å². The third-order valence-corrected chi connectivity index (χ3v) is 3.37. The highest BCUT2D eigenvalue weighted by molar-refractivity contribution is 7.15. The van der Waals surface area contributed by atoms with Crippen LogP contribution in [-0.4, -0.2) is 40.3 Å². The highest BCUT2D eigenvalue weighted by Gasteiger charge is 2.29. The number of anilines is 1. The topological polar surface area (TPSA) is 115 Å². The molecule has 0 radical (unpaired) electrons. The van der Waals surface area contributed by atoms with E-state index in [-0.39, 0.29) is 18.2 Å². The molecule has 0 saturated carbocycles. The van der Waals surface area contributed by atoms with E-state index in [1.165, 1.54) is 6.20 Å². The van der Waals surface area contributed by atoms with Crippen LogP contribution in [0.3, 0.4) is 0 Å². The molecule has 1 aromatic rings. The second-order valence-electron chi connectivity index (χ2n) is 5.61. The Kier molecular flexibility index (Phi) is 6.49. The lowest BCUT2D eigenvalue weighted by Crippen LogP contribution is -2.27. The molecule has 0 aliphatic carbocycles. The number of carbonyl (C=O) groups excluding carboxylic acids is 2. The summed E-state index contributed by atoms with van der Waals surface area (Å²) in [5, 5.41) is 11.8. The van der Waals surface area contributed by atoms with E-state index in [0.717, 1.165) is 11.3 Å². The van der Waals surface area contributed by atoms with Crippen molar-refractivity contribution >= 4 is 34.5 Å². The molecule has 0 spiro atoms. The van der Waals surface area contributed by atoms with Crippen molar-refractivity contribution in [2.24, 2.45) is 5.92 Å². The first-order chi connectivity index (χ1) is 10.6. The van der Waals surface area contributed by atoms with E-state index in [1.54, 1.807) is 27.7 Å². The van der Waals surface area contributed by atoms with Gasteiger partial charge in [-0.15, -0.1) is 11.3 Å². The van der Waals surface area contributed by atoms with Gasteiger partial charge in [-0.05, 0) is 27.7 Å². The lowest BCUT2D eigenvalue weighted by Gasteiger charge is -2.18. The lowest BCUT2D eigenvalue weighted by atomic mass is 10.1. The monoisotopic (exact) mass is 344 g/mol. The number of hydrogen-bond acceptors (Lipinski definition) is 7. The van der Waals surface area contributed by atoms with Crippen LogP contribution >= 0.6 is 11.3 Å². The largest absolute Gasteiger partial charge is 0.481 e. The van der Waals surface area contributed by atoms with Crippen LogP contribution in [0, 0.1) is 5.92 Å². The van der Waals surface area contributed by atoms with Gasteiger partial charge in [-0.2, -0.15) is 0 Å². The van der Waals surface area contributed by atoms with Crippen LogP contribution in [0.1, 0.15) is 32.6 Å². The van der Waals surface area contributed by atoms with Crippen molar-refractivity contribution in [1.29, 1.82) is 0 Å². The molecule has 1 rings (SSSR count). The van der Waals surface area contributed by atoms with Crippen molar-refractivity contribution in [3.05, 3.63) is 11.1 Å². The molecule has 1 aromatic heterocycles. The number of hydrogen-bond donors (Lipinski definition) is 2. The quantitative estimate of drug-likeness (QED) is 0.601. The molecule has 128 valence electrons. The molecule has 0 aliphatic rings. The van der Waals surface area contributed by atoms with Crippen molar-refractivity contribution in [3.8, 4) is 0 Å². The number of carboxylic acids is 1. The number of carboxylic acid groups (broad SMARTS) is 1. The molecule has 0 saturated heterocycles. The minimum atomic E-state index is -1.30. The second kappa shape index (κ2) is 7.91. The third-order valence-electron chi connectivity index (χ3n) is 2.44. The summed E-state index contributed by atoms with van der Waals surface area (Å²) in [6.07, 6.45) is 0.701. The van der Waals surface area contributed by atoms with Crippen LogP contribution in [0.2, 0.25) is 0 Å². The van der Waals surface area contributed by atoms with E-state index >= 15 is 0 Å². The van der Waals surface area contributed by atoms with E-state index in [0.29, 0.717) is 4.88 Å². The summed E-state index contributed by atoms with van der Waals surface area (Å²) in [5.41, 5.74) is -0.636. The number of nitrogens with zero attached hydrogens (tertiary/aromatic N) is 1. The number of amides is 1. The summed E-state index contributed by atoms with van der Waals surface area (Å²) in [7, 11) is 0. The van der Waals surface area contributed by atoms with Gasteiger partial charge >= 0.3 is 18.0 Å². The maximum Gasteiger partial charge on any atom is 0.413 e. The first-order valence-corrected chi connectivity index (χ1v) is 7.78. The molecule has 2 N–H and O–H groups in total. The summed E-state index contributed by atoms with van der Waals surface area (Å²) in [5.74, 6) is -3.36. The number of carbonyl (C=O) groups is 3. The average molecular weight is 344 g/mol. The van der Waals surface area contributed by atoms with Crippen LogP contribution < -0.4 is 5.32 Å². The van der Waals surface area contributed by atoms with Gasteiger partial charge < -0.3 is 14.6 Å². The Bertz CT molecular complexity index is 578. The molecular formula is C14H20N2O6S. The standard InChI is InChI=1S/C14H20N2O6S/c1-5-21-11(19)9(10(17)18)6-8-7-15-12(23-8)16-13(20)22-14(2,3)4/h7,9H,5-6H2,1-4H3,(H,17,18)(H,15,16,20). The molecule has 8 nitrogen and oxygen atoms in total. The number of rotatable bonds is 6. The van der Waals surface area contributed by atoms with Gasteiger partial charge in [0.25, 0.3) is 0 Å². The van der Waals surface area contributed by atoms with Gasteiger partial charge in [-0.25, -0.2) is 9.78 Å². The number of ether oxygens (including phenoxy) is 2. The average Bonchev–Trinajstić information content (AvgIpc) is 2.80. The lowest BCUT2D eigenvalue weighted by molar-refractivity contribution is -0.158. The Morgan fingerprint density at radius 2 is 2.04 bits per heavy atom. The Morgan fingerprint density at radius 3 is 2.57 bits per heavy atom. The second-order valence-corrected chi connectivity index (χ2v) is 6.72. The molecular weight excluding hydrogens is 324 g/mol. The first-order valence-electron chi connectivity index (χ1n) is 6.96. The van der Waals surface area contributed by atoms with Gasteiger partial charge in [0.2, 0.25) is 0 Å². The van der Waals surface area contributed by atoms with Crippen molar-refractivity contribution in [2.75, 3.05) is 11.9 Å². The molecule has 1 amide bonds. The van der Waals surface area contributed by atoms with Crippen LogP contribution in [0.25, 0.3) is 0 Å². The van der Waals surface area contributed by atoms with Gasteiger partial charge in [0, 0.05) is 17.5 Å². The van der Waals surface area contributed by atoms with Crippen LogP contribution in [0.5, 0.6) is 0 Å². The molecule has 9 heteroatoms. The molecule has 0 bridgehead atoms. The zero-order valence-electron chi connectivity index (χ0n) is 13.4. The molecule has 23 heavy (non-hydrogen) atoms. The summed E-state index contributed by atoms with van der Waals surface area (Å²) in [4.78, 5) is 38.9. The molecule has 0 aliphatic heterocycles. The fourth-order valence-electron chi connectivity index (χ4n) is 1.57. The number of esters is 1. The van der Waals surface area contributed by atoms with Crippen molar-refractivity contribution in [3.63, 3.8) is 0 Å². The predicted octanol–water partition coefficient (Wildman–Crippen LogP) is 2.30. The maximum absolute atomic E-state index is 11.6. The van der Waals surface area contributed by atoms with Crippen molar-refractivity contribution in [2.45, 2.75) is 39.7 Å². The molecule has 1 heterocycles. The predicted molar refractivity (Wildman–Crippen MR) is 83.4 cm³/mol. The fourth-order valence-corrected chi connectivity index (χ4v) is 2.41. The maximum atomic E-state index is 11.6. The Hall–Kier alpha value is -2.16. The van der Waals surface area contributed by atoms with Gasteiger partial charge in [0.05, 0.1) is 6.61 Å². The summed E-state index contributed by atoms with van der Waals surface area (Å²) in [6.45, 7) is 6.91. The SMILES string of the molecule is CCOC(=O)C(Cc1cnc(NC(=O)OC(C)(C)C)s1)C(=O)O.